The molecule has 2 heterocycles. The van der Waals surface area contributed by atoms with Gasteiger partial charge in [-0.15, -0.1) is 21.5 Å². The number of nitrogens with one attached hydrogen (secondary N) is 1. The number of nitrogens with two attached hydrogens (primary N) is 1. The fourth-order valence-corrected chi connectivity index (χ4v) is 2.67. The van der Waals surface area contributed by atoms with E-state index in [2.05, 4.69) is 20.5 Å². The van der Waals surface area contributed by atoms with Crippen molar-refractivity contribution in [1.29, 1.82) is 0 Å². The van der Waals surface area contributed by atoms with E-state index in [-0.39, 0.29) is 5.69 Å². The van der Waals surface area contributed by atoms with Gasteiger partial charge in [-0.2, -0.15) is 0 Å². The Kier molecular flexibility index (Phi) is 4.06. The summed E-state index contributed by atoms with van der Waals surface area (Å²) in [4.78, 5) is 15.5. The Morgan fingerprint density at radius 3 is 2.64 bits per heavy atom. The molecule has 110 valence electrons. The van der Waals surface area contributed by atoms with Crippen LogP contribution in [0.1, 0.15) is 16.2 Å². The molecule has 0 saturated carbocycles. The zero-order valence-electron chi connectivity index (χ0n) is 11.6. The highest BCUT2D eigenvalue weighted by Gasteiger charge is 2.06. The normalized spacial score (nSPS) is 10.4. The fraction of sp³-hybridized carbons (Fsp3) is 0.0667. The summed E-state index contributed by atoms with van der Waals surface area (Å²) >= 11 is 1.60. The number of thiazole rings is 1. The van der Waals surface area contributed by atoms with E-state index in [9.17, 15) is 4.79 Å². The number of nitrogens with zero attached hydrogens (tertiary/aromatic N) is 3. The molecule has 0 aliphatic rings. The predicted octanol–water partition coefficient (Wildman–Crippen LogP) is 2.31. The average Bonchev–Trinajstić information content (AvgIpc) is 3.03. The standard InChI is InChI=1S/C15H13N5OS/c16-14(21)12-6-7-13(20-19-12)17-8-11-9-22-15(18-11)10-4-2-1-3-5-10/h1-7,9H,8H2,(H2,16,21)(H,17,20). The molecule has 1 aromatic carbocycles. The molecular formula is C15H13N5OS. The van der Waals surface area contributed by atoms with Crippen LogP contribution in [-0.4, -0.2) is 21.1 Å². The lowest BCUT2D eigenvalue weighted by molar-refractivity contribution is 0.0994. The van der Waals surface area contributed by atoms with Gasteiger partial charge >= 0.3 is 0 Å². The van der Waals surface area contributed by atoms with Gasteiger partial charge in [-0.1, -0.05) is 30.3 Å². The van der Waals surface area contributed by atoms with Crippen LogP contribution in [0, 0.1) is 0 Å². The Hall–Kier alpha value is -2.80. The zero-order valence-corrected chi connectivity index (χ0v) is 12.4. The molecular weight excluding hydrogens is 298 g/mol. The van der Waals surface area contributed by atoms with Crippen molar-refractivity contribution in [1.82, 2.24) is 15.2 Å². The summed E-state index contributed by atoms with van der Waals surface area (Å²) in [7, 11) is 0. The molecule has 3 rings (SSSR count). The number of carbonyl (C=O) groups is 1. The van der Waals surface area contributed by atoms with Crippen LogP contribution in [0.25, 0.3) is 10.6 Å². The van der Waals surface area contributed by atoms with Crippen molar-refractivity contribution in [3.05, 3.63) is 59.2 Å². The second-order valence-electron chi connectivity index (χ2n) is 4.53. The number of hydrogen-bond donors (Lipinski definition) is 2. The summed E-state index contributed by atoms with van der Waals surface area (Å²) in [5, 5.41) is 13.7. The molecule has 0 saturated heterocycles. The minimum atomic E-state index is -0.592. The first kappa shape index (κ1) is 14.2. The van der Waals surface area contributed by atoms with Gasteiger partial charge in [-0.3, -0.25) is 4.79 Å². The molecule has 0 atom stereocenters. The number of rotatable bonds is 5. The van der Waals surface area contributed by atoms with E-state index in [4.69, 9.17) is 5.73 Å². The second kappa shape index (κ2) is 6.31. The van der Waals surface area contributed by atoms with Crippen LogP contribution in [0.3, 0.4) is 0 Å². The van der Waals surface area contributed by atoms with E-state index in [1.165, 1.54) is 6.07 Å². The molecule has 0 aliphatic heterocycles. The number of anilines is 1. The quantitative estimate of drug-likeness (QED) is 0.754. The first-order valence-electron chi connectivity index (χ1n) is 6.59. The Labute approximate surface area is 131 Å². The van der Waals surface area contributed by atoms with Crippen molar-refractivity contribution in [2.75, 3.05) is 5.32 Å². The predicted molar refractivity (Wildman–Crippen MR) is 85.4 cm³/mol. The Morgan fingerprint density at radius 1 is 1.14 bits per heavy atom. The molecule has 0 unspecified atom stereocenters. The molecule has 3 N–H and O–H groups in total. The Bertz CT molecular complexity index is 770. The van der Waals surface area contributed by atoms with Crippen LogP contribution in [0.15, 0.2) is 47.8 Å². The topological polar surface area (TPSA) is 93.8 Å². The summed E-state index contributed by atoms with van der Waals surface area (Å²) in [5.74, 6) is -0.0229. The number of hydrogen-bond acceptors (Lipinski definition) is 6. The minimum Gasteiger partial charge on any atom is -0.364 e. The molecule has 7 heteroatoms. The Balaban J connectivity index is 1.65. The van der Waals surface area contributed by atoms with Crippen molar-refractivity contribution >= 4 is 23.1 Å². The molecule has 0 fully saturated rings. The zero-order chi connectivity index (χ0) is 15.4. The number of carbonyl (C=O) groups excluding carboxylic acids is 1. The molecule has 3 aromatic rings. The molecule has 0 bridgehead atoms. The maximum Gasteiger partial charge on any atom is 0.269 e. The van der Waals surface area contributed by atoms with E-state index in [0.717, 1.165) is 16.3 Å². The van der Waals surface area contributed by atoms with Crippen molar-refractivity contribution < 1.29 is 4.79 Å². The van der Waals surface area contributed by atoms with Gasteiger partial charge < -0.3 is 11.1 Å². The number of aromatic nitrogens is 3. The maximum atomic E-state index is 10.9. The van der Waals surface area contributed by atoms with Crippen molar-refractivity contribution in [2.24, 2.45) is 5.73 Å². The largest absolute Gasteiger partial charge is 0.364 e. The summed E-state index contributed by atoms with van der Waals surface area (Å²) in [6, 6.07) is 13.2. The summed E-state index contributed by atoms with van der Waals surface area (Å²) in [6.45, 7) is 0.536. The highest BCUT2D eigenvalue weighted by atomic mass is 32.1. The van der Waals surface area contributed by atoms with Crippen LogP contribution in [0.5, 0.6) is 0 Å². The summed E-state index contributed by atoms with van der Waals surface area (Å²) in [6.07, 6.45) is 0. The monoisotopic (exact) mass is 311 g/mol. The van der Waals surface area contributed by atoms with E-state index in [1.807, 2.05) is 35.7 Å². The molecule has 0 aliphatic carbocycles. The molecule has 6 nitrogen and oxygen atoms in total. The van der Waals surface area contributed by atoms with E-state index < -0.39 is 5.91 Å². The van der Waals surface area contributed by atoms with Gasteiger partial charge in [0, 0.05) is 10.9 Å². The highest BCUT2D eigenvalue weighted by Crippen LogP contribution is 2.23. The number of amides is 1. The summed E-state index contributed by atoms with van der Waals surface area (Å²) < 4.78 is 0. The van der Waals surface area contributed by atoms with Gasteiger partial charge in [-0.05, 0) is 12.1 Å². The lowest BCUT2D eigenvalue weighted by atomic mass is 10.2. The van der Waals surface area contributed by atoms with Crippen molar-refractivity contribution in [3.8, 4) is 10.6 Å². The van der Waals surface area contributed by atoms with Crippen LogP contribution in [0.2, 0.25) is 0 Å². The molecule has 1 amide bonds. The van der Waals surface area contributed by atoms with E-state index >= 15 is 0 Å². The molecule has 0 radical (unpaired) electrons. The van der Waals surface area contributed by atoms with Crippen molar-refractivity contribution in [2.45, 2.75) is 6.54 Å². The van der Waals surface area contributed by atoms with Crippen LogP contribution in [-0.2, 0) is 6.54 Å². The smallest absolute Gasteiger partial charge is 0.269 e. The molecule has 0 spiro atoms. The van der Waals surface area contributed by atoms with Gasteiger partial charge in [0.15, 0.2) is 5.69 Å². The van der Waals surface area contributed by atoms with E-state index in [0.29, 0.717) is 12.4 Å². The first-order valence-corrected chi connectivity index (χ1v) is 7.47. The maximum absolute atomic E-state index is 10.9. The highest BCUT2D eigenvalue weighted by molar-refractivity contribution is 7.13. The number of primary amides is 1. The number of benzene rings is 1. The molecule has 2 aromatic heterocycles. The third-order valence-corrected chi connectivity index (χ3v) is 3.88. The minimum absolute atomic E-state index is 0.144. The third kappa shape index (κ3) is 3.26. The Morgan fingerprint density at radius 2 is 1.95 bits per heavy atom. The average molecular weight is 311 g/mol. The van der Waals surface area contributed by atoms with Crippen molar-refractivity contribution in [3.63, 3.8) is 0 Å². The van der Waals surface area contributed by atoms with Crippen LogP contribution >= 0.6 is 11.3 Å². The molecule has 22 heavy (non-hydrogen) atoms. The van der Waals surface area contributed by atoms with E-state index in [1.54, 1.807) is 17.4 Å². The lowest BCUT2D eigenvalue weighted by Gasteiger charge is -2.02. The van der Waals surface area contributed by atoms with Gasteiger partial charge in [0.1, 0.15) is 10.8 Å². The first-order chi connectivity index (χ1) is 10.7. The second-order valence-corrected chi connectivity index (χ2v) is 5.39. The van der Waals surface area contributed by atoms with Gasteiger partial charge in [-0.25, -0.2) is 4.98 Å². The lowest BCUT2D eigenvalue weighted by Crippen LogP contribution is -2.14. The van der Waals surface area contributed by atoms with Crippen LogP contribution in [0.4, 0.5) is 5.82 Å². The summed E-state index contributed by atoms with van der Waals surface area (Å²) in [5.41, 5.74) is 7.28. The fourth-order valence-electron chi connectivity index (χ4n) is 1.84. The SMILES string of the molecule is NC(=O)c1ccc(NCc2csc(-c3ccccc3)n2)nn1. The van der Waals surface area contributed by atoms with Crippen LogP contribution < -0.4 is 11.1 Å². The van der Waals surface area contributed by atoms with Gasteiger partial charge in [0.05, 0.1) is 12.2 Å². The van der Waals surface area contributed by atoms with Gasteiger partial charge in [0.2, 0.25) is 0 Å². The van der Waals surface area contributed by atoms with Gasteiger partial charge in [0.25, 0.3) is 5.91 Å². The third-order valence-electron chi connectivity index (χ3n) is 2.94.